The van der Waals surface area contributed by atoms with Crippen molar-refractivity contribution in [3.05, 3.63) is 21.3 Å². The van der Waals surface area contributed by atoms with Crippen molar-refractivity contribution in [2.75, 3.05) is 26.7 Å². The molecule has 1 heterocycles. The van der Waals surface area contributed by atoms with E-state index in [4.69, 9.17) is 11.6 Å². The molecular formula is C17H29ClN2S. The molecule has 1 fully saturated rings. The molecule has 1 aromatic heterocycles. The first-order valence-corrected chi connectivity index (χ1v) is 9.36. The van der Waals surface area contributed by atoms with Crippen molar-refractivity contribution in [2.24, 2.45) is 11.3 Å². The van der Waals surface area contributed by atoms with Gasteiger partial charge in [-0.15, -0.1) is 11.3 Å². The van der Waals surface area contributed by atoms with Gasteiger partial charge < -0.3 is 10.2 Å². The van der Waals surface area contributed by atoms with Crippen LogP contribution in [0.4, 0.5) is 0 Å². The van der Waals surface area contributed by atoms with Gasteiger partial charge in [0.15, 0.2) is 0 Å². The molecule has 4 heteroatoms. The minimum atomic E-state index is 0.457. The topological polar surface area (TPSA) is 15.3 Å². The molecule has 0 radical (unpaired) electrons. The highest BCUT2D eigenvalue weighted by Crippen LogP contribution is 2.39. The molecule has 1 N–H and O–H groups in total. The van der Waals surface area contributed by atoms with Gasteiger partial charge in [0.1, 0.15) is 0 Å². The summed E-state index contributed by atoms with van der Waals surface area (Å²) in [6.07, 6.45) is 5.47. The third-order valence-corrected chi connectivity index (χ3v) is 5.96. The van der Waals surface area contributed by atoms with Gasteiger partial charge in [-0.1, -0.05) is 38.3 Å². The van der Waals surface area contributed by atoms with E-state index in [0.29, 0.717) is 5.41 Å². The first-order chi connectivity index (χ1) is 10.0. The van der Waals surface area contributed by atoms with Crippen LogP contribution >= 0.6 is 22.9 Å². The molecule has 0 unspecified atom stereocenters. The maximum atomic E-state index is 6.04. The van der Waals surface area contributed by atoms with Gasteiger partial charge in [0.25, 0.3) is 0 Å². The van der Waals surface area contributed by atoms with E-state index >= 15 is 0 Å². The summed E-state index contributed by atoms with van der Waals surface area (Å²) in [6, 6.07) is 4.16. The van der Waals surface area contributed by atoms with E-state index in [9.17, 15) is 0 Å². The van der Waals surface area contributed by atoms with Gasteiger partial charge in [0, 0.05) is 24.5 Å². The summed E-state index contributed by atoms with van der Waals surface area (Å²) in [7, 11) is 2.25. The van der Waals surface area contributed by atoms with Crippen molar-refractivity contribution in [2.45, 2.75) is 46.1 Å². The minimum Gasteiger partial charge on any atom is -0.316 e. The van der Waals surface area contributed by atoms with Gasteiger partial charge >= 0.3 is 0 Å². The number of nitrogens with zero attached hydrogens (tertiary/aromatic N) is 1. The predicted octanol–water partition coefficient (Wildman–Crippen LogP) is 4.64. The van der Waals surface area contributed by atoms with Crippen molar-refractivity contribution < 1.29 is 0 Å². The van der Waals surface area contributed by atoms with E-state index in [-0.39, 0.29) is 0 Å². The molecule has 0 bridgehead atoms. The minimum absolute atomic E-state index is 0.457. The lowest BCUT2D eigenvalue weighted by Gasteiger charge is -2.42. The van der Waals surface area contributed by atoms with Crippen LogP contribution in [-0.4, -0.2) is 31.6 Å². The van der Waals surface area contributed by atoms with Crippen LogP contribution in [0.15, 0.2) is 12.1 Å². The Hall–Kier alpha value is -0.0900. The van der Waals surface area contributed by atoms with E-state index in [1.54, 1.807) is 11.3 Å². The average molecular weight is 329 g/mol. The van der Waals surface area contributed by atoms with Crippen molar-refractivity contribution in [3.63, 3.8) is 0 Å². The highest BCUT2D eigenvalue weighted by molar-refractivity contribution is 7.16. The normalized spacial score (nSPS) is 26.4. The molecule has 1 aliphatic carbocycles. The SMILES string of the molecule is CCNCC1(CN(C)Cc2ccc(Cl)s2)CCC(C)CC1. The van der Waals surface area contributed by atoms with E-state index in [1.165, 1.54) is 37.1 Å². The second-order valence-corrected chi connectivity index (χ2v) is 8.64. The summed E-state index contributed by atoms with van der Waals surface area (Å²) in [6.45, 7) is 9.03. The molecule has 0 aromatic carbocycles. The van der Waals surface area contributed by atoms with E-state index in [1.807, 2.05) is 6.07 Å². The van der Waals surface area contributed by atoms with E-state index in [0.717, 1.165) is 29.9 Å². The monoisotopic (exact) mass is 328 g/mol. The van der Waals surface area contributed by atoms with Crippen molar-refractivity contribution in [1.29, 1.82) is 0 Å². The summed E-state index contributed by atoms with van der Waals surface area (Å²) in [5, 5.41) is 3.60. The maximum Gasteiger partial charge on any atom is 0.0931 e. The Labute approximate surface area is 138 Å². The van der Waals surface area contributed by atoms with Gasteiger partial charge in [-0.2, -0.15) is 0 Å². The van der Waals surface area contributed by atoms with Crippen molar-refractivity contribution in [1.82, 2.24) is 10.2 Å². The number of halogens is 1. The summed E-state index contributed by atoms with van der Waals surface area (Å²) in [4.78, 5) is 3.85. The lowest BCUT2D eigenvalue weighted by molar-refractivity contribution is 0.0968. The zero-order chi connectivity index (χ0) is 15.3. The number of nitrogens with one attached hydrogen (secondary N) is 1. The molecule has 0 spiro atoms. The van der Waals surface area contributed by atoms with Gasteiger partial charge in [-0.05, 0) is 49.9 Å². The molecule has 1 saturated carbocycles. The number of hydrogen-bond acceptors (Lipinski definition) is 3. The fraction of sp³-hybridized carbons (Fsp3) is 0.765. The molecule has 0 saturated heterocycles. The predicted molar refractivity (Wildman–Crippen MR) is 94.3 cm³/mol. The van der Waals surface area contributed by atoms with Gasteiger partial charge in [-0.3, -0.25) is 0 Å². The first-order valence-electron chi connectivity index (χ1n) is 8.16. The van der Waals surface area contributed by atoms with E-state index in [2.05, 4.69) is 37.2 Å². The van der Waals surface area contributed by atoms with Crippen LogP contribution in [0.25, 0.3) is 0 Å². The summed E-state index contributed by atoms with van der Waals surface area (Å²) in [5.74, 6) is 0.904. The fourth-order valence-corrected chi connectivity index (χ4v) is 4.65. The molecule has 0 amide bonds. The Kier molecular flexibility index (Phi) is 6.54. The quantitative estimate of drug-likeness (QED) is 0.784. The number of hydrogen-bond donors (Lipinski definition) is 1. The molecule has 1 aromatic rings. The Morgan fingerprint density at radius 2 is 2.10 bits per heavy atom. The molecule has 1 aliphatic rings. The third-order valence-electron chi connectivity index (χ3n) is 4.74. The van der Waals surface area contributed by atoms with Crippen LogP contribution in [0.3, 0.4) is 0 Å². The van der Waals surface area contributed by atoms with Crippen molar-refractivity contribution in [3.8, 4) is 0 Å². The first kappa shape index (κ1) is 17.3. The van der Waals surface area contributed by atoms with Crippen LogP contribution in [-0.2, 0) is 6.54 Å². The van der Waals surface area contributed by atoms with Gasteiger partial charge in [0.05, 0.1) is 4.34 Å². The largest absolute Gasteiger partial charge is 0.316 e. The summed E-state index contributed by atoms with van der Waals surface area (Å²) in [5.41, 5.74) is 0.457. The average Bonchev–Trinajstić information content (AvgIpc) is 2.85. The Bertz CT molecular complexity index is 419. The zero-order valence-electron chi connectivity index (χ0n) is 13.6. The van der Waals surface area contributed by atoms with Gasteiger partial charge in [0.2, 0.25) is 0 Å². The number of thiophene rings is 1. The molecule has 21 heavy (non-hydrogen) atoms. The second kappa shape index (κ2) is 7.96. The molecule has 2 nitrogen and oxygen atoms in total. The molecule has 0 atom stereocenters. The van der Waals surface area contributed by atoms with Crippen LogP contribution < -0.4 is 5.32 Å². The standard InChI is InChI=1S/C17H29ClN2S/c1-4-19-12-17(9-7-14(2)8-10-17)13-20(3)11-15-5-6-16(18)21-15/h5-6,14,19H,4,7-13H2,1-3H3. The highest BCUT2D eigenvalue weighted by Gasteiger charge is 2.34. The Balaban J connectivity index is 1.93. The third kappa shape index (κ3) is 5.24. The van der Waals surface area contributed by atoms with E-state index < -0.39 is 0 Å². The molecule has 120 valence electrons. The van der Waals surface area contributed by atoms with Crippen molar-refractivity contribution >= 4 is 22.9 Å². The number of rotatable bonds is 7. The molecule has 0 aliphatic heterocycles. The lowest BCUT2D eigenvalue weighted by Crippen LogP contribution is -2.45. The smallest absolute Gasteiger partial charge is 0.0931 e. The van der Waals surface area contributed by atoms with Crippen LogP contribution in [0.2, 0.25) is 4.34 Å². The molecule has 2 rings (SSSR count). The maximum absolute atomic E-state index is 6.04. The Morgan fingerprint density at radius 1 is 1.38 bits per heavy atom. The highest BCUT2D eigenvalue weighted by atomic mass is 35.5. The second-order valence-electron chi connectivity index (χ2n) is 6.84. The Morgan fingerprint density at radius 3 is 2.67 bits per heavy atom. The van der Waals surface area contributed by atoms with Crippen LogP contribution in [0.1, 0.15) is 44.4 Å². The lowest BCUT2D eigenvalue weighted by atomic mass is 9.70. The van der Waals surface area contributed by atoms with Crippen LogP contribution in [0, 0.1) is 11.3 Å². The van der Waals surface area contributed by atoms with Crippen LogP contribution in [0.5, 0.6) is 0 Å². The summed E-state index contributed by atoms with van der Waals surface area (Å²) >= 11 is 7.74. The molecular weight excluding hydrogens is 300 g/mol. The van der Waals surface area contributed by atoms with Gasteiger partial charge in [-0.25, -0.2) is 0 Å². The summed E-state index contributed by atoms with van der Waals surface area (Å²) < 4.78 is 0.896. The fourth-order valence-electron chi connectivity index (χ4n) is 3.49. The zero-order valence-corrected chi connectivity index (χ0v) is 15.2.